The summed E-state index contributed by atoms with van der Waals surface area (Å²) >= 11 is 0. The maximum absolute atomic E-state index is 13.5. The summed E-state index contributed by atoms with van der Waals surface area (Å²) in [4.78, 5) is 13.1. The highest BCUT2D eigenvalue weighted by Crippen LogP contribution is 2.23. The minimum Gasteiger partial charge on any atom is -0.481 e. The molecule has 29 heavy (non-hydrogen) atoms. The lowest BCUT2D eigenvalue weighted by molar-refractivity contribution is -0.137. The predicted molar refractivity (Wildman–Crippen MR) is 114 cm³/mol. The molecule has 3 rings (SSSR count). The van der Waals surface area contributed by atoms with E-state index in [1.54, 1.807) is 6.07 Å². The van der Waals surface area contributed by atoms with Gasteiger partial charge in [-0.05, 0) is 46.0 Å². The second-order valence-electron chi connectivity index (χ2n) is 7.03. The van der Waals surface area contributed by atoms with Gasteiger partial charge in [0.05, 0.1) is 6.42 Å². The molecule has 3 nitrogen and oxygen atoms in total. The molecule has 0 spiro atoms. The molecule has 0 saturated heterocycles. The van der Waals surface area contributed by atoms with Gasteiger partial charge in [-0.1, -0.05) is 67.2 Å². The first-order valence-corrected chi connectivity index (χ1v) is 9.53. The third-order valence-electron chi connectivity index (χ3n) is 4.74. The maximum atomic E-state index is 13.5. The van der Waals surface area contributed by atoms with Crippen LogP contribution in [0.2, 0.25) is 0 Å². The molecular weight excluding hydrogens is 365 g/mol. The summed E-state index contributed by atoms with van der Waals surface area (Å²) in [5.41, 5.74) is 4.90. The number of halogens is 1. The Bertz CT molecular complexity index is 985. The number of carbonyl (C=O) groups is 1. The van der Waals surface area contributed by atoms with E-state index in [0.29, 0.717) is 19.6 Å². The van der Waals surface area contributed by atoms with Crippen molar-refractivity contribution in [2.24, 2.45) is 0 Å². The van der Waals surface area contributed by atoms with Gasteiger partial charge in [-0.2, -0.15) is 0 Å². The third kappa shape index (κ3) is 6.13. The van der Waals surface area contributed by atoms with Crippen LogP contribution in [0, 0.1) is 5.82 Å². The molecule has 0 bridgehead atoms. The molecule has 0 aromatic heterocycles. The van der Waals surface area contributed by atoms with Crippen molar-refractivity contribution in [2.45, 2.75) is 19.5 Å². The number of aliphatic carboxylic acids is 1. The first kappa shape index (κ1) is 20.5. The number of nitrogens with zero attached hydrogens (tertiary/aromatic N) is 1. The largest absolute Gasteiger partial charge is 0.481 e. The van der Waals surface area contributed by atoms with Crippen LogP contribution in [-0.4, -0.2) is 22.5 Å². The Hall–Kier alpha value is -3.24. The van der Waals surface area contributed by atoms with Crippen molar-refractivity contribution < 1.29 is 14.3 Å². The normalized spacial score (nSPS) is 10.8. The van der Waals surface area contributed by atoms with E-state index in [-0.39, 0.29) is 12.2 Å². The van der Waals surface area contributed by atoms with E-state index < -0.39 is 5.97 Å². The molecular formula is C25H24FNO2. The van der Waals surface area contributed by atoms with Gasteiger partial charge in [0, 0.05) is 19.6 Å². The van der Waals surface area contributed by atoms with E-state index in [1.807, 2.05) is 59.5 Å². The van der Waals surface area contributed by atoms with Gasteiger partial charge >= 0.3 is 5.97 Å². The summed E-state index contributed by atoms with van der Waals surface area (Å²) < 4.78 is 13.5. The summed E-state index contributed by atoms with van der Waals surface area (Å²) in [7, 11) is 0. The number of hydrogen-bond donors (Lipinski definition) is 1. The van der Waals surface area contributed by atoms with Crippen LogP contribution in [0.5, 0.6) is 0 Å². The minimum atomic E-state index is -0.847. The molecule has 0 atom stereocenters. The molecule has 0 saturated carbocycles. The Morgan fingerprint density at radius 2 is 1.48 bits per heavy atom. The van der Waals surface area contributed by atoms with Crippen LogP contribution in [-0.2, 0) is 17.9 Å². The third-order valence-corrected chi connectivity index (χ3v) is 4.74. The SMILES string of the molecule is C=C(c1ccccc1)c1cccc(CN(CCC(=O)O)Cc2cccc(F)c2)c1. The molecule has 4 heteroatoms. The number of rotatable bonds is 9. The van der Waals surface area contributed by atoms with Crippen molar-refractivity contribution in [3.63, 3.8) is 0 Å². The van der Waals surface area contributed by atoms with Gasteiger partial charge in [0.2, 0.25) is 0 Å². The number of carboxylic acid groups (broad SMARTS) is 1. The zero-order valence-corrected chi connectivity index (χ0v) is 16.2. The lowest BCUT2D eigenvalue weighted by Gasteiger charge is -2.22. The second-order valence-corrected chi connectivity index (χ2v) is 7.03. The quantitative estimate of drug-likeness (QED) is 0.535. The highest BCUT2D eigenvalue weighted by Gasteiger charge is 2.11. The van der Waals surface area contributed by atoms with Gasteiger partial charge in [0.15, 0.2) is 0 Å². The van der Waals surface area contributed by atoms with Crippen LogP contribution in [0.1, 0.15) is 28.7 Å². The molecule has 0 radical (unpaired) electrons. The van der Waals surface area contributed by atoms with E-state index in [2.05, 4.69) is 12.6 Å². The summed E-state index contributed by atoms with van der Waals surface area (Å²) in [6.45, 7) is 5.65. The summed E-state index contributed by atoms with van der Waals surface area (Å²) in [6, 6.07) is 24.5. The van der Waals surface area contributed by atoms with Gasteiger partial charge in [0.1, 0.15) is 5.82 Å². The molecule has 0 fully saturated rings. The van der Waals surface area contributed by atoms with Gasteiger partial charge in [-0.3, -0.25) is 9.69 Å². The molecule has 0 heterocycles. The van der Waals surface area contributed by atoms with Crippen molar-refractivity contribution in [3.05, 3.63) is 114 Å². The zero-order chi connectivity index (χ0) is 20.6. The van der Waals surface area contributed by atoms with Crippen LogP contribution >= 0.6 is 0 Å². The summed E-state index contributed by atoms with van der Waals surface area (Å²) in [5.74, 6) is -1.14. The topological polar surface area (TPSA) is 40.5 Å². The number of carboxylic acids is 1. The van der Waals surface area contributed by atoms with Crippen molar-refractivity contribution in [2.75, 3.05) is 6.54 Å². The lowest BCUT2D eigenvalue weighted by Crippen LogP contribution is -2.25. The standard InChI is InChI=1S/C25H24FNO2/c1-19(22-9-3-2-4-10-22)23-11-5-7-20(15-23)17-27(14-13-25(28)29)18-21-8-6-12-24(26)16-21/h2-12,15-16H,1,13-14,17-18H2,(H,28,29). The maximum Gasteiger partial charge on any atom is 0.304 e. The highest BCUT2D eigenvalue weighted by molar-refractivity contribution is 5.78. The first-order valence-electron chi connectivity index (χ1n) is 9.53. The fourth-order valence-corrected chi connectivity index (χ4v) is 3.28. The fraction of sp³-hybridized carbons (Fsp3) is 0.160. The Balaban J connectivity index is 1.77. The van der Waals surface area contributed by atoms with Crippen LogP contribution < -0.4 is 0 Å². The molecule has 1 N–H and O–H groups in total. The monoisotopic (exact) mass is 389 g/mol. The van der Waals surface area contributed by atoms with Gasteiger partial charge < -0.3 is 5.11 Å². The van der Waals surface area contributed by atoms with Gasteiger partial charge in [-0.25, -0.2) is 4.39 Å². The molecule has 0 amide bonds. The molecule has 0 aliphatic heterocycles. The van der Waals surface area contributed by atoms with Crippen LogP contribution in [0.15, 0.2) is 85.4 Å². The smallest absolute Gasteiger partial charge is 0.304 e. The molecule has 3 aromatic carbocycles. The van der Waals surface area contributed by atoms with Crippen LogP contribution in [0.4, 0.5) is 4.39 Å². The fourth-order valence-electron chi connectivity index (χ4n) is 3.28. The van der Waals surface area contributed by atoms with E-state index in [4.69, 9.17) is 5.11 Å². The average molecular weight is 389 g/mol. The Kier molecular flexibility index (Phi) is 6.93. The van der Waals surface area contributed by atoms with E-state index in [1.165, 1.54) is 12.1 Å². The van der Waals surface area contributed by atoms with Gasteiger partial charge in [-0.15, -0.1) is 0 Å². The number of hydrogen-bond acceptors (Lipinski definition) is 2. The zero-order valence-electron chi connectivity index (χ0n) is 16.2. The highest BCUT2D eigenvalue weighted by atomic mass is 19.1. The van der Waals surface area contributed by atoms with Crippen molar-refractivity contribution >= 4 is 11.5 Å². The summed E-state index contributed by atoms with van der Waals surface area (Å²) in [5, 5.41) is 9.08. The minimum absolute atomic E-state index is 0.0335. The Labute approximate surface area is 170 Å². The average Bonchev–Trinajstić information content (AvgIpc) is 2.72. The predicted octanol–water partition coefficient (Wildman–Crippen LogP) is 5.36. The molecule has 0 aliphatic rings. The first-order chi connectivity index (χ1) is 14.0. The second kappa shape index (κ2) is 9.80. The Morgan fingerprint density at radius 3 is 2.14 bits per heavy atom. The Morgan fingerprint density at radius 1 is 0.862 bits per heavy atom. The van der Waals surface area contributed by atoms with Crippen LogP contribution in [0.25, 0.3) is 5.57 Å². The summed E-state index contributed by atoms with van der Waals surface area (Å²) in [6.07, 6.45) is 0.0335. The van der Waals surface area contributed by atoms with E-state index in [0.717, 1.165) is 27.8 Å². The van der Waals surface area contributed by atoms with E-state index in [9.17, 15) is 9.18 Å². The lowest BCUT2D eigenvalue weighted by atomic mass is 9.98. The molecule has 0 unspecified atom stereocenters. The van der Waals surface area contributed by atoms with Crippen molar-refractivity contribution in [3.8, 4) is 0 Å². The van der Waals surface area contributed by atoms with Crippen LogP contribution in [0.3, 0.4) is 0 Å². The number of benzene rings is 3. The molecule has 148 valence electrons. The van der Waals surface area contributed by atoms with E-state index >= 15 is 0 Å². The molecule has 3 aromatic rings. The molecule has 0 aliphatic carbocycles. The van der Waals surface area contributed by atoms with Crippen molar-refractivity contribution in [1.29, 1.82) is 0 Å². The van der Waals surface area contributed by atoms with Gasteiger partial charge in [0.25, 0.3) is 0 Å². The van der Waals surface area contributed by atoms with Crippen molar-refractivity contribution in [1.82, 2.24) is 4.90 Å².